The van der Waals surface area contributed by atoms with Gasteiger partial charge in [0, 0.05) is 44.5 Å². The van der Waals surface area contributed by atoms with Gasteiger partial charge in [-0.3, -0.25) is 14.1 Å². The summed E-state index contributed by atoms with van der Waals surface area (Å²) >= 11 is 6.12. The molecule has 8 nitrogen and oxygen atoms in total. The zero-order valence-corrected chi connectivity index (χ0v) is 16.7. The van der Waals surface area contributed by atoms with Gasteiger partial charge in [0.25, 0.3) is 0 Å². The molecule has 9 heteroatoms. The summed E-state index contributed by atoms with van der Waals surface area (Å²) in [5, 5.41) is 12.2. The van der Waals surface area contributed by atoms with E-state index in [2.05, 4.69) is 34.7 Å². The highest BCUT2D eigenvalue weighted by Crippen LogP contribution is 2.39. The Kier molecular flexibility index (Phi) is 4.81. The number of halogens is 1. The second-order valence-electron chi connectivity index (χ2n) is 7.57. The molecule has 1 saturated heterocycles. The summed E-state index contributed by atoms with van der Waals surface area (Å²) in [7, 11) is 0. The molecule has 0 atom stereocenters. The summed E-state index contributed by atoms with van der Waals surface area (Å²) < 4.78 is 2.07. The number of hydrogen-bond donors (Lipinski definition) is 1. The fourth-order valence-corrected chi connectivity index (χ4v) is 3.93. The minimum atomic E-state index is -0.0571. The van der Waals surface area contributed by atoms with Crippen LogP contribution in [-0.2, 0) is 4.79 Å². The second-order valence-corrected chi connectivity index (χ2v) is 7.98. The Bertz CT molecular complexity index is 1040. The summed E-state index contributed by atoms with van der Waals surface area (Å²) in [6.45, 7) is 3.48. The maximum Gasteiger partial charge on any atom is 0.238 e. The molecule has 5 rings (SSSR count). The van der Waals surface area contributed by atoms with Gasteiger partial charge in [0.2, 0.25) is 11.6 Å². The van der Waals surface area contributed by atoms with E-state index in [4.69, 9.17) is 11.6 Å². The Morgan fingerprint density at radius 2 is 1.93 bits per heavy atom. The van der Waals surface area contributed by atoms with Gasteiger partial charge in [0.15, 0.2) is 5.82 Å². The molecule has 150 valence electrons. The average molecular weight is 412 g/mol. The van der Waals surface area contributed by atoms with Crippen molar-refractivity contribution in [3.63, 3.8) is 0 Å². The maximum atomic E-state index is 12.4. The van der Waals surface area contributed by atoms with Crippen molar-refractivity contribution >= 4 is 34.7 Å². The summed E-state index contributed by atoms with van der Waals surface area (Å²) in [6, 6.07) is 7.27. The molecule has 1 aliphatic carbocycles. The molecule has 1 saturated carbocycles. The molecule has 2 aliphatic rings. The number of amides is 1. The molecule has 1 aromatic carbocycles. The lowest BCUT2D eigenvalue weighted by atomic mass is 10.3. The minimum absolute atomic E-state index is 0.0571. The first-order valence-corrected chi connectivity index (χ1v) is 10.3. The zero-order valence-electron chi connectivity index (χ0n) is 16.0. The third-order valence-corrected chi connectivity index (χ3v) is 5.79. The highest BCUT2D eigenvalue weighted by Gasteiger charge is 2.30. The van der Waals surface area contributed by atoms with Crippen molar-refractivity contribution in [2.24, 2.45) is 0 Å². The van der Waals surface area contributed by atoms with Crippen LogP contribution in [-0.4, -0.2) is 63.1 Å². The lowest BCUT2D eigenvalue weighted by Gasteiger charge is -2.34. The Morgan fingerprint density at radius 3 is 2.69 bits per heavy atom. The van der Waals surface area contributed by atoms with E-state index >= 15 is 0 Å². The van der Waals surface area contributed by atoms with E-state index in [9.17, 15) is 4.79 Å². The molecule has 29 heavy (non-hydrogen) atoms. The van der Waals surface area contributed by atoms with E-state index in [0.29, 0.717) is 23.2 Å². The molecular weight excluding hydrogens is 390 g/mol. The van der Waals surface area contributed by atoms with Crippen LogP contribution in [0.15, 0.2) is 36.7 Å². The van der Waals surface area contributed by atoms with Crippen molar-refractivity contribution in [2.45, 2.75) is 18.8 Å². The number of anilines is 2. The summed E-state index contributed by atoms with van der Waals surface area (Å²) in [5.41, 5.74) is 1.46. The van der Waals surface area contributed by atoms with Gasteiger partial charge in [-0.25, -0.2) is 4.98 Å². The molecule has 1 aliphatic heterocycles. The number of aromatic nitrogens is 4. The molecule has 2 aromatic heterocycles. The van der Waals surface area contributed by atoms with Crippen LogP contribution in [0.1, 0.15) is 24.6 Å². The first kappa shape index (κ1) is 18.3. The molecule has 0 bridgehead atoms. The van der Waals surface area contributed by atoms with Gasteiger partial charge >= 0.3 is 0 Å². The average Bonchev–Trinajstić information content (AvgIpc) is 3.48. The first-order chi connectivity index (χ1) is 14.2. The third-order valence-electron chi connectivity index (χ3n) is 5.46. The molecule has 2 fully saturated rings. The SMILES string of the molecule is O=C(CN1CCN(c2nccn3c(C4CC4)nnc23)CC1)Nc1ccccc1Cl. The van der Waals surface area contributed by atoms with Crippen molar-refractivity contribution in [1.82, 2.24) is 24.5 Å². The number of para-hydroxylation sites is 1. The van der Waals surface area contributed by atoms with E-state index in [0.717, 1.165) is 43.5 Å². The zero-order chi connectivity index (χ0) is 19.8. The fourth-order valence-electron chi connectivity index (χ4n) is 3.75. The van der Waals surface area contributed by atoms with Crippen LogP contribution in [0.25, 0.3) is 5.65 Å². The molecule has 0 unspecified atom stereocenters. The van der Waals surface area contributed by atoms with Gasteiger partial charge in [-0.2, -0.15) is 0 Å². The van der Waals surface area contributed by atoms with Gasteiger partial charge in [0.05, 0.1) is 17.3 Å². The van der Waals surface area contributed by atoms with Gasteiger partial charge in [-0.15, -0.1) is 10.2 Å². The molecule has 0 spiro atoms. The van der Waals surface area contributed by atoms with Crippen molar-refractivity contribution < 1.29 is 4.79 Å². The van der Waals surface area contributed by atoms with Crippen LogP contribution >= 0.6 is 11.6 Å². The van der Waals surface area contributed by atoms with Gasteiger partial charge in [0.1, 0.15) is 5.82 Å². The third kappa shape index (κ3) is 3.77. The van der Waals surface area contributed by atoms with Crippen molar-refractivity contribution in [1.29, 1.82) is 0 Å². The Hall–Kier alpha value is -2.71. The Labute approximate surface area is 173 Å². The fraction of sp³-hybridized carbons (Fsp3) is 0.400. The van der Waals surface area contributed by atoms with Gasteiger partial charge in [-0.05, 0) is 25.0 Å². The van der Waals surface area contributed by atoms with Crippen LogP contribution in [0, 0.1) is 0 Å². The van der Waals surface area contributed by atoms with E-state index in [1.165, 1.54) is 12.8 Å². The molecule has 1 N–H and O–H groups in total. The number of nitrogens with one attached hydrogen (secondary N) is 1. The number of carbonyl (C=O) groups excluding carboxylic acids is 1. The predicted octanol–water partition coefficient (Wildman–Crippen LogP) is 2.42. The molecule has 0 radical (unpaired) electrons. The Balaban J connectivity index is 1.21. The molecule has 1 amide bonds. The van der Waals surface area contributed by atoms with Crippen LogP contribution in [0.4, 0.5) is 11.5 Å². The van der Waals surface area contributed by atoms with Crippen molar-refractivity contribution in [3.8, 4) is 0 Å². The summed E-state index contributed by atoms with van der Waals surface area (Å²) in [6.07, 6.45) is 6.14. The predicted molar refractivity (Wildman–Crippen MR) is 111 cm³/mol. The van der Waals surface area contributed by atoms with E-state index in [-0.39, 0.29) is 5.91 Å². The van der Waals surface area contributed by atoms with Gasteiger partial charge < -0.3 is 10.2 Å². The van der Waals surface area contributed by atoms with Crippen LogP contribution in [0.3, 0.4) is 0 Å². The highest BCUT2D eigenvalue weighted by molar-refractivity contribution is 6.33. The normalized spacial score (nSPS) is 17.6. The van der Waals surface area contributed by atoms with Gasteiger partial charge in [-0.1, -0.05) is 23.7 Å². The van der Waals surface area contributed by atoms with Crippen LogP contribution < -0.4 is 10.2 Å². The second kappa shape index (κ2) is 7.61. The topological polar surface area (TPSA) is 78.7 Å². The molecule has 3 heterocycles. The van der Waals surface area contributed by atoms with Crippen LogP contribution in [0.2, 0.25) is 5.02 Å². The van der Waals surface area contributed by atoms with E-state index in [1.807, 2.05) is 24.5 Å². The smallest absolute Gasteiger partial charge is 0.238 e. The standard InChI is InChI=1S/C20H22ClN7O/c21-15-3-1-2-4-16(15)23-17(29)13-26-9-11-27(12-10-26)19-20-25-24-18(14-5-6-14)28(20)8-7-22-19/h1-4,7-8,14H,5-6,9-13H2,(H,23,29). The monoisotopic (exact) mass is 411 g/mol. The van der Waals surface area contributed by atoms with Crippen molar-refractivity contribution in [3.05, 3.63) is 47.5 Å². The van der Waals surface area contributed by atoms with Crippen LogP contribution in [0.5, 0.6) is 0 Å². The molecular formula is C20H22ClN7O. The van der Waals surface area contributed by atoms with Crippen molar-refractivity contribution in [2.75, 3.05) is 42.9 Å². The lowest BCUT2D eigenvalue weighted by molar-refractivity contribution is -0.117. The minimum Gasteiger partial charge on any atom is -0.351 e. The van der Waals surface area contributed by atoms with E-state index < -0.39 is 0 Å². The first-order valence-electron chi connectivity index (χ1n) is 9.90. The number of benzene rings is 1. The number of hydrogen-bond acceptors (Lipinski definition) is 6. The lowest BCUT2D eigenvalue weighted by Crippen LogP contribution is -2.49. The number of fused-ring (bicyclic) bond motifs is 1. The highest BCUT2D eigenvalue weighted by atomic mass is 35.5. The number of nitrogens with zero attached hydrogens (tertiary/aromatic N) is 6. The summed E-state index contributed by atoms with van der Waals surface area (Å²) in [5.74, 6) is 2.39. The quantitative estimate of drug-likeness (QED) is 0.694. The largest absolute Gasteiger partial charge is 0.351 e. The number of piperazine rings is 1. The number of rotatable bonds is 5. The summed E-state index contributed by atoms with van der Waals surface area (Å²) in [4.78, 5) is 21.3. The number of carbonyl (C=O) groups is 1. The molecule has 3 aromatic rings. The van der Waals surface area contributed by atoms with E-state index in [1.54, 1.807) is 12.1 Å². The maximum absolute atomic E-state index is 12.4. The Morgan fingerprint density at radius 1 is 1.14 bits per heavy atom.